The van der Waals surface area contributed by atoms with E-state index in [2.05, 4.69) is 20.0 Å². The summed E-state index contributed by atoms with van der Waals surface area (Å²) in [6.07, 6.45) is 3.33. The first-order chi connectivity index (χ1) is 13.1. The SMILES string of the molecule is Cn1ncc2c(N3CCN(C(=O)COc4ccc(Cl)cc4)CC3)ncnc21. The molecule has 3 aromatic rings. The molecule has 1 amide bonds. The van der Waals surface area contributed by atoms with Gasteiger partial charge in [0.05, 0.1) is 11.6 Å². The number of hydrogen-bond acceptors (Lipinski definition) is 6. The van der Waals surface area contributed by atoms with Crippen LogP contribution in [0.4, 0.5) is 5.82 Å². The van der Waals surface area contributed by atoms with Gasteiger partial charge in [-0.3, -0.25) is 9.48 Å². The van der Waals surface area contributed by atoms with Crippen molar-refractivity contribution in [2.75, 3.05) is 37.7 Å². The predicted octanol–water partition coefficient (Wildman–Crippen LogP) is 1.74. The van der Waals surface area contributed by atoms with Gasteiger partial charge in [-0.15, -0.1) is 0 Å². The first-order valence-corrected chi connectivity index (χ1v) is 9.03. The monoisotopic (exact) mass is 386 g/mol. The maximum atomic E-state index is 12.4. The fraction of sp³-hybridized carbons (Fsp3) is 0.333. The minimum absolute atomic E-state index is 0.0159. The van der Waals surface area contributed by atoms with Crippen LogP contribution in [0.2, 0.25) is 5.02 Å². The van der Waals surface area contributed by atoms with Crippen LogP contribution in [0.1, 0.15) is 0 Å². The lowest BCUT2D eigenvalue weighted by Crippen LogP contribution is -2.50. The zero-order valence-electron chi connectivity index (χ0n) is 14.9. The molecule has 1 fully saturated rings. The van der Waals surface area contributed by atoms with Crippen LogP contribution in [0, 0.1) is 0 Å². The molecule has 140 valence electrons. The molecule has 0 saturated carbocycles. The molecule has 27 heavy (non-hydrogen) atoms. The van der Waals surface area contributed by atoms with Gasteiger partial charge in [-0.2, -0.15) is 5.10 Å². The summed E-state index contributed by atoms with van der Waals surface area (Å²) in [6, 6.07) is 6.98. The zero-order chi connectivity index (χ0) is 18.8. The van der Waals surface area contributed by atoms with Gasteiger partial charge < -0.3 is 14.5 Å². The Kier molecular flexibility index (Phi) is 4.81. The number of amides is 1. The molecule has 3 heterocycles. The van der Waals surface area contributed by atoms with Crippen molar-refractivity contribution >= 4 is 34.4 Å². The van der Waals surface area contributed by atoms with E-state index >= 15 is 0 Å². The van der Waals surface area contributed by atoms with E-state index in [0.29, 0.717) is 37.0 Å². The average molecular weight is 387 g/mol. The molecule has 4 rings (SSSR count). The van der Waals surface area contributed by atoms with Crippen LogP contribution in [0.5, 0.6) is 5.75 Å². The van der Waals surface area contributed by atoms with Crippen molar-refractivity contribution in [3.63, 3.8) is 0 Å². The second-order valence-electron chi connectivity index (χ2n) is 6.31. The van der Waals surface area contributed by atoms with E-state index in [1.54, 1.807) is 41.5 Å². The van der Waals surface area contributed by atoms with Gasteiger partial charge in [0.1, 0.15) is 17.9 Å². The van der Waals surface area contributed by atoms with Gasteiger partial charge in [0, 0.05) is 38.2 Å². The summed E-state index contributed by atoms with van der Waals surface area (Å²) in [6.45, 7) is 2.66. The van der Waals surface area contributed by atoms with Gasteiger partial charge in [0.25, 0.3) is 5.91 Å². The Bertz CT molecular complexity index is 950. The largest absolute Gasteiger partial charge is 0.484 e. The molecule has 0 unspecified atom stereocenters. The number of carbonyl (C=O) groups is 1. The lowest BCUT2D eigenvalue weighted by Gasteiger charge is -2.35. The van der Waals surface area contributed by atoms with E-state index in [1.807, 2.05) is 11.9 Å². The number of piperazine rings is 1. The highest BCUT2D eigenvalue weighted by molar-refractivity contribution is 6.30. The molecule has 0 bridgehead atoms. The molecule has 0 spiro atoms. The number of benzene rings is 1. The maximum absolute atomic E-state index is 12.4. The summed E-state index contributed by atoms with van der Waals surface area (Å²) in [5.41, 5.74) is 0.801. The van der Waals surface area contributed by atoms with E-state index in [9.17, 15) is 4.79 Å². The van der Waals surface area contributed by atoms with Crippen LogP contribution in [0.25, 0.3) is 11.0 Å². The summed E-state index contributed by atoms with van der Waals surface area (Å²) in [5.74, 6) is 1.46. The van der Waals surface area contributed by atoms with Crippen molar-refractivity contribution < 1.29 is 9.53 Å². The summed E-state index contributed by atoms with van der Waals surface area (Å²) in [5, 5.41) is 5.81. The molecule has 1 aliphatic rings. The van der Waals surface area contributed by atoms with Crippen LogP contribution in [-0.4, -0.2) is 63.3 Å². The minimum Gasteiger partial charge on any atom is -0.484 e. The van der Waals surface area contributed by atoms with E-state index in [4.69, 9.17) is 16.3 Å². The molecule has 0 atom stereocenters. The fourth-order valence-corrected chi connectivity index (χ4v) is 3.26. The molecule has 0 N–H and O–H groups in total. The standard InChI is InChI=1S/C18H19ClN6O2/c1-23-17-15(10-22-23)18(21-12-20-17)25-8-6-24(7-9-25)16(26)11-27-14-4-2-13(19)3-5-14/h2-5,10,12H,6-9,11H2,1H3. The number of hydrogen-bond donors (Lipinski definition) is 0. The number of anilines is 1. The Labute approximate surface area is 161 Å². The van der Waals surface area contributed by atoms with Gasteiger partial charge in [-0.25, -0.2) is 9.97 Å². The third kappa shape index (κ3) is 3.66. The first kappa shape index (κ1) is 17.5. The Morgan fingerprint density at radius 2 is 1.89 bits per heavy atom. The number of halogens is 1. The molecule has 1 saturated heterocycles. The van der Waals surface area contributed by atoms with Crippen LogP contribution in [0.3, 0.4) is 0 Å². The molecule has 1 aliphatic heterocycles. The van der Waals surface area contributed by atoms with Crippen LogP contribution in [-0.2, 0) is 11.8 Å². The van der Waals surface area contributed by atoms with Crippen molar-refractivity contribution in [2.45, 2.75) is 0 Å². The number of aromatic nitrogens is 4. The smallest absolute Gasteiger partial charge is 0.260 e. The molecular weight excluding hydrogens is 368 g/mol. The van der Waals surface area contributed by atoms with Crippen LogP contribution in [0.15, 0.2) is 36.8 Å². The van der Waals surface area contributed by atoms with Gasteiger partial charge >= 0.3 is 0 Å². The normalized spacial score (nSPS) is 14.6. The Balaban J connectivity index is 1.35. The van der Waals surface area contributed by atoms with E-state index in [0.717, 1.165) is 16.9 Å². The summed E-state index contributed by atoms with van der Waals surface area (Å²) in [4.78, 5) is 25.1. The van der Waals surface area contributed by atoms with E-state index < -0.39 is 0 Å². The van der Waals surface area contributed by atoms with Crippen molar-refractivity contribution in [3.8, 4) is 5.75 Å². The van der Waals surface area contributed by atoms with Gasteiger partial charge in [-0.1, -0.05) is 11.6 Å². The fourth-order valence-electron chi connectivity index (χ4n) is 3.14. The molecule has 8 nitrogen and oxygen atoms in total. The maximum Gasteiger partial charge on any atom is 0.260 e. The summed E-state index contributed by atoms with van der Waals surface area (Å²) in [7, 11) is 1.86. The topological polar surface area (TPSA) is 76.4 Å². The molecular formula is C18H19ClN6O2. The Hall–Kier alpha value is -2.87. The summed E-state index contributed by atoms with van der Waals surface area (Å²) < 4.78 is 7.28. The van der Waals surface area contributed by atoms with Gasteiger partial charge in [0.2, 0.25) is 0 Å². The van der Waals surface area contributed by atoms with Crippen molar-refractivity contribution in [3.05, 3.63) is 41.8 Å². The average Bonchev–Trinajstić information content (AvgIpc) is 3.09. The second-order valence-corrected chi connectivity index (χ2v) is 6.75. The molecule has 0 radical (unpaired) electrons. The van der Waals surface area contributed by atoms with Crippen molar-refractivity contribution in [1.29, 1.82) is 0 Å². The zero-order valence-corrected chi connectivity index (χ0v) is 15.6. The molecule has 9 heteroatoms. The number of ether oxygens (including phenoxy) is 1. The van der Waals surface area contributed by atoms with Gasteiger partial charge in [-0.05, 0) is 24.3 Å². The van der Waals surface area contributed by atoms with Crippen LogP contribution >= 0.6 is 11.6 Å². The lowest BCUT2D eigenvalue weighted by atomic mass is 10.2. The highest BCUT2D eigenvalue weighted by Crippen LogP contribution is 2.23. The lowest BCUT2D eigenvalue weighted by molar-refractivity contribution is -0.133. The summed E-state index contributed by atoms with van der Waals surface area (Å²) >= 11 is 5.85. The van der Waals surface area contributed by atoms with Gasteiger partial charge in [0.15, 0.2) is 12.3 Å². The van der Waals surface area contributed by atoms with E-state index in [1.165, 1.54) is 0 Å². The number of carbonyl (C=O) groups excluding carboxylic acids is 1. The predicted molar refractivity (Wildman–Crippen MR) is 102 cm³/mol. The van der Waals surface area contributed by atoms with Crippen molar-refractivity contribution in [1.82, 2.24) is 24.6 Å². The second kappa shape index (κ2) is 7.40. The number of fused-ring (bicyclic) bond motifs is 1. The van der Waals surface area contributed by atoms with E-state index in [-0.39, 0.29) is 12.5 Å². The first-order valence-electron chi connectivity index (χ1n) is 8.65. The third-order valence-corrected chi connectivity index (χ3v) is 4.87. The quantitative estimate of drug-likeness (QED) is 0.680. The molecule has 2 aromatic heterocycles. The minimum atomic E-state index is -0.0289. The highest BCUT2D eigenvalue weighted by Gasteiger charge is 2.24. The van der Waals surface area contributed by atoms with Crippen LogP contribution < -0.4 is 9.64 Å². The number of aryl methyl sites for hydroxylation is 1. The number of rotatable bonds is 4. The Morgan fingerprint density at radius 1 is 1.15 bits per heavy atom. The van der Waals surface area contributed by atoms with Crippen molar-refractivity contribution in [2.24, 2.45) is 7.05 Å². The number of nitrogens with zero attached hydrogens (tertiary/aromatic N) is 6. The highest BCUT2D eigenvalue weighted by atomic mass is 35.5. The molecule has 0 aliphatic carbocycles. The third-order valence-electron chi connectivity index (χ3n) is 4.62. The Morgan fingerprint density at radius 3 is 2.63 bits per heavy atom. The molecule has 1 aromatic carbocycles.